The maximum absolute atomic E-state index is 13.4. The molecule has 0 bridgehead atoms. The molecule has 0 aliphatic carbocycles. The third kappa shape index (κ3) is 2.93. The van der Waals surface area contributed by atoms with E-state index < -0.39 is 30.2 Å². The van der Waals surface area contributed by atoms with Crippen LogP contribution in [0.4, 0.5) is 17.6 Å². The molecule has 0 aliphatic heterocycles. The second-order valence-electron chi connectivity index (χ2n) is 3.42. The highest BCUT2D eigenvalue weighted by Crippen LogP contribution is 2.32. The lowest BCUT2D eigenvalue weighted by Crippen LogP contribution is -2.27. The normalized spacial score (nSPS) is 13.9. The van der Waals surface area contributed by atoms with Gasteiger partial charge in [-0.2, -0.15) is 13.2 Å². The topological polar surface area (TPSA) is 46.2 Å². The molecule has 0 heterocycles. The average Bonchev–Trinajstić information content (AvgIpc) is 2.19. The summed E-state index contributed by atoms with van der Waals surface area (Å²) in [6.45, 7) is -0.407. The molecule has 3 N–H and O–H groups in total. The first-order chi connectivity index (χ1) is 7.36. The number of alkyl halides is 3. The fraction of sp³-hybridized carbons (Fsp3) is 0.400. The minimum absolute atomic E-state index is 0.133. The molecule has 1 atom stereocenters. The third-order valence-corrected chi connectivity index (χ3v) is 2.10. The van der Waals surface area contributed by atoms with Crippen LogP contribution in [-0.2, 0) is 12.6 Å². The van der Waals surface area contributed by atoms with Crippen molar-refractivity contribution in [3.8, 4) is 0 Å². The molecule has 0 amide bonds. The zero-order chi connectivity index (χ0) is 12.3. The highest BCUT2D eigenvalue weighted by molar-refractivity contribution is 5.28. The van der Waals surface area contributed by atoms with Gasteiger partial charge in [-0.15, -0.1) is 0 Å². The fourth-order valence-corrected chi connectivity index (χ4v) is 1.30. The van der Waals surface area contributed by atoms with Crippen molar-refractivity contribution in [1.29, 1.82) is 0 Å². The van der Waals surface area contributed by atoms with Gasteiger partial charge in [0.05, 0.1) is 12.2 Å². The van der Waals surface area contributed by atoms with Crippen molar-refractivity contribution >= 4 is 0 Å². The number of rotatable bonds is 3. The SMILES string of the molecule is NC(CO)Cc1cccc(C(F)(F)F)c1F. The zero-order valence-electron chi connectivity index (χ0n) is 8.26. The first kappa shape index (κ1) is 12.9. The van der Waals surface area contributed by atoms with Gasteiger partial charge in [-0.25, -0.2) is 4.39 Å². The molecule has 0 saturated carbocycles. The zero-order valence-corrected chi connectivity index (χ0v) is 8.26. The van der Waals surface area contributed by atoms with Gasteiger partial charge < -0.3 is 10.8 Å². The molecular formula is C10H11F4NO. The number of halogens is 4. The van der Waals surface area contributed by atoms with Crippen LogP contribution in [0.3, 0.4) is 0 Å². The van der Waals surface area contributed by atoms with E-state index in [0.29, 0.717) is 6.07 Å². The summed E-state index contributed by atoms with van der Waals surface area (Å²) in [6, 6.07) is 2.24. The number of benzene rings is 1. The largest absolute Gasteiger partial charge is 0.419 e. The number of aliphatic hydroxyl groups is 1. The van der Waals surface area contributed by atoms with Crippen LogP contribution in [0.1, 0.15) is 11.1 Å². The van der Waals surface area contributed by atoms with E-state index in [1.807, 2.05) is 0 Å². The number of aliphatic hydroxyl groups excluding tert-OH is 1. The summed E-state index contributed by atoms with van der Waals surface area (Å²) in [6.07, 6.45) is -4.85. The first-order valence-corrected chi connectivity index (χ1v) is 4.57. The summed E-state index contributed by atoms with van der Waals surface area (Å²) in [5, 5.41) is 8.65. The quantitative estimate of drug-likeness (QED) is 0.786. The molecule has 1 aromatic carbocycles. The Morgan fingerprint density at radius 1 is 1.31 bits per heavy atom. The Morgan fingerprint density at radius 2 is 1.94 bits per heavy atom. The van der Waals surface area contributed by atoms with Gasteiger partial charge in [0.15, 0.2) is 0 Å². The van der Waals surface area contributed by atoms with Crippen LogP contribution >= 0.6 is 0 Å². The van der Waals surface area contributed by atoms with E-state index in [-0.39, 0.29) is 12.0 Å². The molecule has 90 valence electrons. The fourth-order valence-electron chi connectivity index (χ4n) is 1.30. The van der Waals surface area contributed by atoms with E-state index in [4.69, 9.17) is 10.8 Å². The Kier molecular flexibility index (Phi) is 3.88. The van der Waals surface area contributed by atoms with Crippen LogP contribution in [0.15, 0.2) is 18.2 Å². The smallest absolute Gasteiger partial charge is 0.395 e. The lowest BCUT2D eigenvalue weighted by molar-refractivity contribution is -0.140. The van der Waals surface area contributed by atoms with Crippen molar-refractivity contribution in [3.63, 3.8) is 0 Å². The highest BCUT2D eigenvalue weighted by atomic mass is 19.4. The summed E-state index contributed by atoms with van der Waals surface area (Å²) in [7, 11) is 0. The van der Waals surface area contributed by atoms with Crippen LogP contribution in [0.5, 0.6) is 0 Å². The van der Waals surface area contributed by atoms with Crippen molar-refractivity contribution in [2.24, 2.45) is 5.73 Å². The van der Waals surface area contributed by atoms with E-state index in [0.717, 1.165) is 6.07 Å². The summed E-state index contributed by atoms with van der Waals surface area (Å²) >= 11 is 0. The molecule has 0 aromatic heterocycles. The molecule has 0 spiro atoms. The van der Waals surface area contributed by atoms with E-state index in [9.17, 15) is 17.6 Å². The van der Waals surface area contributed by atoms with Crippen molar-refractivity contribution in [3.05, 3.63) is 35.1 Å². The molecule has 2 nitrogen and oxygen atoms in total. The van der Waals surface area contributed by atoms with Gasteiger partial charge in [0.2, 0.25) is 0 Å². The van der Waals surface area contributed by atoms with Crippen LogP contribution in [0, 0.1) is 5.82 Å². The molecule has 1 unspecified atom stereocenters. The summed E-state index contributed by atoms with van der Waals surface area (Å²) in [4.78, 5) is 0. The van der Waals surface area contributed by atoms with Crippen molar-refractivity contribution < 1.29 is 22.7 Å². The van der Waals surface area contributed by atoms with E-state index in [2.05, 4.69) is 0 Å². The summed E-state index contributed by atoms with van der Waals surface area (Å²) in [5.41, 5.74) is 3.88. The van der Waals surface area contributed by atoms with Gasteiger partial charge in [-0.3, -0.25) is 0 Å². The standard InChI is InChI=1S/C10H11F4NO/c11-9-6(4-7(15)5-16)2-1-3-8(9)10(12,13)14/h1-3,7,16H,4-5,15H2. The van der Waals surface area contributed by atoms with E-state index >= 15 is 0 Å². The third-order valence-electron chi connectivity index (χ3n) is 2.10. The number of hydrogen-bond donors (Lipinski definition) is 2. The van der Waals surface area contributed by atoms with Crippen LogP contribution in [0.25, 0.3) is 0 Å². The minimum Gasteiger partial charge on any atom is -0.395 e. The maximum Gasteiger partial charge on any atom is 0.419 e. The molecule has 16 heavy (non-hydrogen) atoms. The van der Waals surface area contributed by atoms with Crippen molar-refractivity contribution in [2.45, 2.75) is 18.6 Å². The molecule has 1 rings (SSSR count). The van der Waals surface area contributed by atoms with E-state index in [1.165, 1.54) is 6.07 Å². The van der Waals surface area contributed by atoms with Gasteiger partial charge >= 0.3 is 6.18 Å². The Balaban J connectivity index is 3.05. The molecule has 1 aromatic rings. The van der Waals surface area contributed by atoms with Gasteiger partial charge in [-0.05, 0) is 18.1 Å². The van der Waals surface area contributed by atoms with Gasteiger partial charge in [0.1, 0.15) is 5.82 Å². The summed E-state index contributed by atoms with van der Waals surface area (Å²) < 4.78 is 50.4. The van der Waals surface area contributed by atoms with Gasteiger partial charge in [-0.1, -0.05) is 12.1 Å². The van der Waals surface area contributed by atoms with Gasteiger partial charge in [0.25, 0.3) is 0 Å². The summed E-state index contributed by atoms with van der Waals surface area (Å²) in [5.74, 6) is -1.32. The Morgan fingerprint density at radius 3 is 2.44 bits per heavy atom. The predicted molar refractivity (Wildman–Crippen MR) is 50.2 cm³/mol. The van der Waals surface area contributed by atoms with E-state index in [1.54, 1.807) is 0 Å². The molecule has 6 heteroatoms. The number of hydrogen-bond acceptors (Lipinski definition) is 2. The molecule has 0 aliphatic rings. The Labute approximate surface area is 89.7 Å². The highest BCUT2D eigenvalue weighted by Gasteiger charge is 2.34. The molecule has 0 saturated heterocycles. The molecular weight excluding hydrogens is 226 g/mol. The van der Waals surface area contributed by atoms with Crippen LogP contribution in [-0.4, -0.2) is 17.8 Å². The second-order valence-corrected chi connectivity index (χ2v) is 3.42. The van der Waals surface area contributed by atoms with Crippen LogP contribution < -0.4 is 5.73 Å². The van der Waals surface area contributed by atoms with Gasteiger partial charge in [0, 0.05) is 6.04 Å². The van der Waals surface area contributed by atoms with Crippen LogP contribution in [0.2, 0.25) is 0 Å². The maximum atomic E-state index is 13.4. The molecule has 0 fully saturated rings. The average molecular weight is 237 g/mol. The Bertz CT molecular complexity index is 364. The first-order valence-electron chi connectivity index (χ1n) is 4.57. The Hall–Kier alpha value is -1.14. The predicted octanol–water partition coefficient (Wildman–Crippen LogP) is 1.71. The second kappa shape index (κ2) is 4.80. The lowest BCUT2D eigenvalue weighted by atomic mass is 10.0. The molecule has 0 radical (unpaired) electrons. The monoisotopic (exact) mass is 237 g/mol. The number of nitrogens with two attached hydrogens (primary N) is 1. The van der Waals surface area contributed by atoms with Crippen molar-refractivity contribution in [2.75, 3.05) is 6.61 Å². The van der Waals surface area contributed by atoms with Crippen molar-refractivity contribution in [1.82, 2.24) is 0 Å². The lowest BCUT2D eigenvalue weighted by Gasteiger charge is -2.13. The minimum atomic E-state index is -4.72.